The van der Waals surface area contributed by atoms with Crippen LogP contribution in [0.2, 0.25) is 0 Å². The van der Waals surface area contributed by atoms with Crippen molar-refractivity contribution in [1.82, 2.24) is 0 Å². The molecule has 0 unspecified atom stereocenters. The number of aliphatic hydroxyl groups excluding tert-OH is 3. The van der Waals surface area contributed by atoms with Gasteiger partial charge in [-0.3, -0.25) is 0 Å². The van der Waals surface area contributed by atoms with Crippen LogP contribution in [-0.4, -0.2) is 56.9 Å². The zero-order valence-corrected chi connectivity index (χ0v) is 9.49. The molecule has 1 saturated heterocycles. The predicted molar refractivity (Wildman–Crippen MR) is 53.8 cm³/mol. The van der Waals surface area contributed by atoms with E-state index in [1.165, 1.54) is 0 Å². The zero-order chi connectivity index (χ0) is 12.7. The average molecular weight is 234 g/mol. The van der Waals surface area contributed by atoms with Crippen molar-refractivity contribution in [3.05, 3.63) is 0 Å². The Hall–Kier alpha value is -0.690. The zero-order valence-electron chi connectivity index (χ0n) is 9.49. The number of carbonyl (C=O) groups is 1. The molecular weight excluding hydrogens is 216 g/mol. The van der Waals surface area contributed by atoms with Crippen LogP contribution in [0, 0.1) is 5.41 Å². The van der Waals surface area contributed by atoms with Crippen LogP contribution in [0.1, 0.15) is 20.8 Å². The van der Waals surface area contributed by atoms with Crippen molar-refractivity contribution in [3.8, 4) is 0 Å². The SMILES string of the molecule is CC(C)(C)[C@H]1O[C@H](C(=O)O)[C@@H](O)[C@H](O)[C@H]1O. The fraction of sp³-hybridized carbons (Fsp3) is 0.900. The quantitative estimate of drug-likeness (QED) is 0.462. The van der Waals surface area contributed by atoms with Crippen LogP contribution in [0.5, 0.6) is 0 Å². The molecule has 0 amide bonds. The smallest absolute Gasteiger partial charge is 0.335 e. The summed E-state index contributed by atoms with van der Waals surface area (Å²) in [5.74, 6) is -1.35. The molecule has 1 aliphatic heterocycles. The van der Waals surface area contributed by atoms with E-state index >= 15 is 0 Å². The van der Waals surface area contributed by atoms with E-state index in [-0.39, 0.29) is 0 Å². The Labute approximate surface area is 93.5 Å². The molecule has 6 heteroatoms. The first-order valence-electron chi connectivity index (χ1n) is 5.08. The second-order valence-corrected chi connectivity index (χ2v) is 5.15. The average Bonchev–Trinajstić information content (AvgIpc) is 2.11. The number of hydrogen-bond acceptors (Lipinski definition) is 5. The minimum Gasteiger partial charge on any atom is -0.479 e. The molecule has 1 rings (SSSR count). The molecular formula is C10H18O6. The van der Waals surface area contributed by atoms with Gasteiger partial charge in [-0.05, 0) is 5.41 Å². The van der Waals surface area contributed by atoms with E-state index in [0.29, 0.717) is 0 Å². The standard InChI is InChI=1S/C10H18O6/c1-10(2,3)8-6(13)4(11)5(12)7(16-8)9(14)15/h4-8,11-13H,1-3H3,(H,14,15)/t4-,5-,6+,7-,8-/m0/s1. The van der Waals surface area contributed by atoms with E-state index in [4.69, 9.17) is 9.84 Å². The van der Waals surface area contributed by atoms with Gasteiger partial charge in [-0.2, -0.15) is 0 Å². The molecule has 16 heavy (non-hydrogen) atoms. The summed E-state index contributed by atoms with van der Waals surface area (Å²) in [5.41, 5.74) is -0.533. The minimum absolute atomic E-state index is 0.533. The number of carboxylic acid groups (broad SMARTS) is 1. The second-order valence-electron chi connectivity index (χ2n) is 5.15. The van der Waals surface area contributed by atoms with Gasteiger partial charge in [0.1, 0.15) is 18.3 Å². The van der Waals surface area contributed by atoms with Crippen LogP contribution >= 0.6 is 0 Å². The highest BCUT2D eigenvalue weighted by molar-refractivity contribution is 5.73. The first-order chi connectivity index (χ1) is 7.16. The van der Waals surface area contributed by atoms with Gasteiger partial charge in [-0.15, -0.1) is 0 Å². The summed E-state index contributed by atoms with van der Waals surface area (Å²) in [6, 6.07) is 0. The van der Waals surface area contributed by atoms with Crippen LogP contribution in [0.3, 0.4) is 0 Å². The second kappa shape index (κ2) is 4.29. The first kappa shape index (κ1) is 13.4. The van der Waals surface area contributed by atoms with Crippen molar-refractivity contribution in [2.24, 2.45) is 5.41 Å². The molecule has 0 radical (unpaired) electrons. The molecule has 0 aliphatic carbocycles. The summed E-state index contributed by atoms with van der Waals surface area (Å²) in [5, 5.41) is 37.5. The number of hydrogen-bond donors (Lipinski definition) is 4. The van der Waals surface area contributed by atoms with Gasteiger partial charge in [0.15, 0.2) is 6.10 Å². The van der Waals surface area contributed by atoms with Crippen LogP contribution in [0.15, 0.2) is 0 Å². The fourth-order valence-corrected chi connectivity index (χ4v) is 1.80. The van der Waals surface area contributed by atoms with E-state index in [1.807, 2.05) is 0 Å². The maximum Gasteiger partial charge on any atom is 0.335 e. The summed E-state index contributed by atoms with van der Waals surface area (Å²) in [6.07, 6.45) is -6.79. The normalized spacial score (nSPS) is 40.8. The highest BCUT2D eigenvalue weighted by Crippen LogP contribution is 2.32. The van der Waals surface area contributed by atoms with Crippen LogP contribution < -0.4 is 0 Å². The summed E-state index contributed by atoms with van der Waals surface area (Å²) >= 11 is 0. The van der Waals surface area contributed by atoms with Crippen molar-refractivity contribution in [2.75, 3.05) is 0 Å². The third-order valence-electron chi connectivity index (χ3n) is 2.71. The van der Waals surface area contributed by atoms with Crippen LogP contribution in [-0.2, 0) is 9.53 Å². The lowest BCUT2D eigenvalue weighted by atomic mass is 9.80. The van der Waals surface area contributed by atoms with Gasteiger partial charge in [-0.1, -0.05) is 20.8 Å². The Morgan fingerprint density at radius 3 is 1.94 bits per heavy atom. The van der Waals surface area contributed by atoms with Gasteiger partial charge in [0.2, 0.25) is 0 Å². The van der Waals surface area contributed by atoms with Gasteiger partial charge in [0, 0.05) is 0 Å². The maximum absolute atomic E-state index is 10.8. The highest BCUT2D eigenvalue weighted by atomic mass is 16.6. The molecule has 0 aromatic carbocycles. The Bertz CT molecular complexity index is 271. The van der Waals surface area contributed by atoms with Gasteiger partial charge < -0.3 is 25.2 Å². The van der Waals surface area contributed by atoms with Crippen molar-refractivity contribution < 1.29 is 30.0 Å². The van der Waals surface area contributed by atoms with Crippen molar-refractivity contribution in [2.45, 2.75) is 51.3 Å². The molecule has 0 spiro atoms. The van der Waals surface area contributed by atoms with E-state index in [9.17, 15) is 20.1 Å². The van der Waals surface area contributed by atoms with Gasteiger partial charge in [-0.25, -0.2) is 4.79 Å². The maximum atomic E-state index is 10.8. The lowest BCUT2D eigenvalue weighted by Crippen LogP contribution is -2.62. The highest BCUT2D eigenvalue weighted by Gasteiger charge is 2.50. The molecule has 5 atom stereocenters. The van der Waals surface area contributed by atoms with E-state index in [0.717, 1.165) is 0 Å². The first-order valence-corrected chi connectivity index (χ1v) is 5.08. The minimum atomic E-state index is -1.62. The van der Waals surface area contributed by atoms with Crippen molar-refractivity contribution >= 4 is 5.97 Å². The number of ether oxygens (including phenoxy) is 1. The molecule has 94 valence electrons. The monoisotopic (exact) mass is 234 g/mol. The van der Waals surface area contributed by atoms with Crippen LogP contribution in [0.4, 0.5) is 0 Å². The van der Waals surface area contributed by atoms with E-state index in [1.54, 1.807) is 20.8 Å². The summed E-state index contributed by atoms with van der Waals surface area (Å²) in [6.45, 7) is 5.26. The van der Waals surface area contributed by atoms with E-state index in [2.05, 4.69) is 0 Å². The topological polar surface area (TPSA) is 107 Å². The molecule has 1 heterocycles. The third-order valence-corrected chi connectivity index (χ3v) is 2.71. The molecule has 6 nitrogen and oxygen atoms in total. The molecule has 0 aromatic heterocycles. The summed E-state index contributed by atoms with van der Waals surface area (Å²) < 4.78 is 5.15. The molecule has 0 aromatic rings. The van der Waals surface area contributed by atoms with Gasteiger partial charge >= 0.3 is 5.97 Å². The Morgan fingerprint density at radius 1 is 1.06 bits per heavy atom. The summed E-state index contributed by atoms with van der Waals surface area (Å²) in [4.78, 5) is 10.8. The number of aliphatic carboxylic acids is 1. The third kappa shape index (κ3) is 2.35. The summed E-state index contributed by atoms with van der Waals surface area (Å²) in [7, 11) is 0. The largest absolute Gasteiger partial charge is 0.479 e. The van der Waals surface area contributed by atoms with Crippen LogP contribution in [0.25, 0.3) is 0 Å². The molecule has 1 aliphatic rings. The Kier molecular flexibility index (Phi) is 3.59. The number of carboxylic acids is 1. The molecule has 0 bridgehead atoms. The molecule has 1 fully saturated rings. The van der Waals surface area contributed by atoms with Gasteiger partial charge in [0.05, 0.1) is 6.10 Å². The Morgan fingerprint density at radius 2 is 1.56 bits per heavy atom. The molecule has 4 N–H and O–H groups in total. The van der Waals surface area contributed by atoms with Crippen molar-refractivity contribution in [3.63, 3.8) is 0 Å². The molecule has 0 saturated carbocycles. The fourth-order valence-electron chi connectivity index (χ4n) is 1.80. The predicted octanol–water partition coefficient (Wildman–Crippen LogP) is -1.03. The van der Waals surface area contributed by atoms with E-state index < -0.39 is 41.9 Å². The Balaban J connectivity index is 2.94. The number of rotatable bonds is 1. The van der Waals surface area contributed by atoms with Crippen molar-refractivity contribution in [1.29, 1.82) is 0 Å². The lowest BCUT2D eigenvalue weighted by molar-refractivity contribution is -0.246. The number of aliphatic hydroxyl groups is 3. The van der Waals surface area contributed by atoms with Gasteiger partial charge in [0.25, 0.3) is 0 Å². The lowest BCUT2D eigenvalue weighted by Gasteiger charge is -2.44.